The molecule has 2 heterocycles. The van der Waals surface area contributed by atoms with Crippen molar-refractivity contribution in [3.8, 4) is 6.07 Å². The highest BCUT2D eigenvalue weighted by Crippen LogP contribution is 2.46. The molecule has 2 atom stereocenters. The summed E-state index contributed by atoms with van der Waals surface area (Å²) >= 11 is 0.917. The number of carbonyl (C=O) groups is 1. The molecule has 0 unspecified atom stereocenters. The molecule has 30 heavy (non-hydrogen) atoms. The summed E-state index contributed by atoms with van der Waals surface area (Å²) in [6.07, 6.45) is 2.44. The minimum atomic E-state index is -1.28. The smallest absolute Gasteiger partial charge is 0.320 e. The van der Waals surface area contributed by atoms with Crippen LogP contribution in [0.4, 0.5) is 8.78 Å². The molecule has 0 fully saturated rings. The Balaban J connectivity index is 2.02. The Labute approximate surface area is 176 Å². The molecule has 0 bridgehead atoms. The lowest BCUT2D eigenvalue weighted by atomic mass is 9.82. The average molecular weight is 428 g/mol. The molecule has 1 aliphatic rings. The van der Waals surface area contributed by atoms with Gasteiger partial charge in [0.2, 0.25) is 0 Å². The Bertz CT molecular complexity index is 1110. The predicted octanol–water partition coefficient (Wildman–Crippen LogP) is 4.07. The first-order valence-corrected chi connectivity index (χ1v) is 9.69. The molecular weight excluding hydrogens is 410 g/mol. The van der Waals surface area contributed by atoms with Crippen molar-refractivity contribution in [2.75, 3.05) is 0 Å². The van der Waals surface area contributed by atoms with Gasteiger partial charge in [-0.05, 0) is 49.8 Å². The number of aliphatic imine (C=N–C) groups is 1. The molecule has 3 rings (SSSR count). The number of nitriles is 1. The highest BCUT2D eigenvalue weighted by molar-refractivity contribution is 8.15. The van der Waals surface area contributed by atoms with Crippen LogP contribution in [-0.2, 0) is 10.3 Å². The standard InChI is InChI=1S/C21H18F2N4O2S/c1-20(11-21(2,18(28)29)30-19(25)27-20)14-7-12(3-5-15(14)22)8-16(23)17-6-4-13(9-24)10-26-17/h3-8,10H,11H2,1-2H3,(H2,25,27)(H,28,29)/b16-8-/t20-,21+/m0/s1. The predicted molar refractivity (Wildman–Crippen MR) is 112 cm³/mol. The number of hydrogen-bond donors (Lipinski definition) is 2. The van der Waals surface area contributed by atoms with Crippen LogP contribution < -0.4 is 5.73 Å². The van der Waals surface area contributed by atoms with Crippen molar-refractivity contribution in [2.24, 2.45) is 10.7 Å². The number of aromatic nitrogens is 1. The van der Waals surface area contributed by atoms with E-state index in [2.05, 4.69) is 9.98 Å². The maximum atomic E-state index is 14.7. The molecule has 0 saturated carbocycles. The summed E-state index contributed by atoms with van der Waals surface area (Å²) in [5, 5.41) is 18.4. The number of carboxylic acids is 1. The summed E-state index contributed by atoms with van der Waals surface area (Å²) in [5.74, 6) is -2.34. The molecule has 0 amide bonds. The summed E-state index contributed by atoms with van der Waals surface area (Å²) in [4.78, 5) is 19.9. The summed E-state index contributed by atoms with van der Waals surface area (Å²) in [6.45, 7) is 3.11. The zero-order valence-electron chi connectivity index (χ0n) is 16.2. The summed E-state index contributed by atoms with van der Waals surface area (Å²) < 4.78 is 28.0. The number of hydrogen-bond acceptors (Lipinski definition) is 6. The molecule has 0 spiro atoms. The fourth-order valence-corrected chi connectivity index (χ4v) is 4.52. The summed E-state index contributed by atoms with van der Waals surface area (Å²) in [6, 6.07) is 8.71. The monoisotopic (exact) mass is 428 g/mol. The van der Waals surface area contributed by atoms with Gasteiger partial charge in [0.1, 0.15) is 22.5 Å². The number of rotatable bonds is 4. The third-order valence-corrected chi connectivity index (χ3v) is 5.89. The Morgan fingerprint density at radius 1 is 1.37 bits per heavy atom. The first-order chi connectivity index (χ1) is 14.1. The molecule has 2 aromatic rings. The van der Waals surface area contributed by atoms with Crippen LogP contribution >= 0.6 is 11.8 Å². The highest BCUT2D eigenvalue weighted by atomic mass is 32.2. The van der Waals surface area contributed by atoms with Gasteiger partial charge < -0.3 is 10.8 Å². The number of aliphatic carboxylic acids is 1. The number of nitrogens with two attached hydrogens (primary N) is 1. The number of halogens is 2. The van der Waals surface area contributed by atoms with E-state index in [0.717, 1.165) is 11.8 Å². The van der Waals surface area contributed by atoms with Gasteiger partial charge in [0, 0.05) is 18.2 Å². The largest absolute Gasteiger partial charge is 0.480 e. The van der Waals surface area contributed by atoms with Crippen LogP contribution in [0.3, 0.4) is 0 Å². The van der Waals surface area contributed by atoms with E-state index in [1.165, 1.54) is 49.5 Å². The zero-order chi connectivity index (χ0) is 22.1. The second kappa shape index (κ2) is 7.88. The Kier molecular flexibility index (Phi) is 5.63. The average Bonchev–Trinajstić information content (AvgIpc) is 2.68. The summed E-state index contributed by atoms with van der Waals surface area (Å²) in [7, 11) is 0. The number of pyridine rings is 1. The minimum absolute atomic E-state index is 0.00441. The highest BCUT2D eigenvalue weighted by Gasteiger charge is 2.47. The van der Waals surface area contributed by atoms with Crippen molar-refractivity contribution in [3.63, 3.8) is 0 Å². The van der Waals surface area contributed by atoms with Crippen molar-refractivity contribution in [1.82, 2.24) is 4.98 Å². The fraction of sp³-hybridized carbons (Fsp3) is 0.238. The quantitative estimate of drug-likeness (QED) is 0.759. The molecule has 6 nitrogen and oxygen atoms in total. The molecule has 1 aliphatic heterocycles. The Morgan fingerprint density at radius 3 is 2.70 bits per heavy atom. The van der Waals surface area contributed by atoms with Gasteiger partial charge in [-0.2, -0.15) is 5.26 Å². The van der Waals surface area contributed by atoms with Gasteiger partial charge in [-0.3, -0.25) is 14.8 Å². The Hall–Kier alpha value is -3.25. The summed E-state index contributed by atoms with van der Waals surface area (Å²) in [5.41, 5.74) is 5.41. The number of thioether (sulfide) groups is 1. The molecule has 0 aliphatic carbocycles. The van der Waals surface area contributed by atoms with E-state index < -0.39 is 27.9 Å². The van der Waals surface area contributed by atoms with Crippen LogP contribution in [-0.4, -0.2) is 26.0 Å². The van der Waals surface area contributed by atoms with E-state index in [9.17, 15) is 18.7 Å². The van der Waals surface area contributed by atoms with Gasteiger partial charge >= 0.3 is 5.97 Å². The van der Waals surface area contributed by atoms with Crippen LogP contribution in [0.2, 0.25) is 0 Å². The molecule has 154 valence electrons. The first-order valence-electron chi connectivity index (χ1n) is 8.88. The number of carboxylic acid groups (broad SMARTS) is 1. The molecule has 1 aromatic carbocycles. The molecule has 0 radical (unpaired) electrons. The van der Waals surface area contributed by atoms with E-state index in [1.54, 1.807) is 6.92 Å². The van der Waals surface area contributed by atoms with Crippen molar-refractivity contribution >= 4 is 34.8 Å². The maximum absolute atomic E-state index is 14.7. The van der Waals surface area contributed by atoms with Gasteiger partial charge in [-0.25, -0.2) is 8.78 Å². The third-order valence-electron chi connectivity index (χ3n) is 4.82. The van der Waals surface area contributed by atoms with Crippen LogP contribution in [0.5, 0.6) is 0 Å². The molecule has 3 N–H and O–H groups in total. The first kappa shape index (κ1) is 21.5. The Morgan fingerprint density at radius 2 is 2.10 bits per heavy atom. The van der Waals surface area contributed by atoms with E-state index in [1.807, 2.05) is 6.07 Å². The van der Waals surface area contributed by atoms with Crippen molar-refractivity contribution < 1.29 is 18.7 Å². The second-order valence-corrected chi connectivity index (χ2v) is 8.84. The lowest BCUT2D eigenvalue weighted by Gasteiger charge is -2.38. The van der Waals surface area contributed by atoms with E-state index in [0.29, 0.717) is 11.1 Å². The van der Waals surface area contributed by atoms with Crippen LogP contribution in [0.25, 0.3) is 11.9 Å². The third kappa shape index (κ3) is 4.19. The van der Waals surface area contributed by atoms with Crippen molar-refractivity contribution in [1.29, 1.82) is 5.26 Å². The van der Waals surface area contributed by atoms with E-state index >= 15 is 0 Å². The lowest BCUT2D eigenvalue weighted by molar-refractivity contribution is -0.140. The minimum Gasteiger partial charge on any atom is -0.480 e. The van der Waals surface area contributed by atoms with Crippen LogP contribution in [0.15, 0.2) is 41.5 Å². The number of benzene rings is 1. The van der Waals surface area contributed by atoms with Gasteiger partial charge in [0.05, 0.1) is 16.8 Å². The van der Waals surface area contributed by atoms with Crippen LogP contribution in [0, 0.1) is 17.1 Å². The molecule has 1 aromatic heterocycles. The van der Waals surface area contributed by atoms with Crippen molar-refractivity contribution in [2.45, 2.75) is 30.6 Å². The zero-order valence-corrected chi connectivity index (χ0v) is 17.0. The topological polar surface area (TPSA) is 112 Å². The normalized spacial score (nSPS) is 24.1. The van der Waals surface area contributed by atoms with Gasteiger partial charge in [-0.1, -0.05) is 17.8 Å². The van der Waals surface area contributed by atoms with Gasteiger partial charge in [0.25, 0.3) is 0 Å². The van der Waals surface area contributed by atoms with E-state index in [-0.39, 0.29) is 22.8 Å². The fourth-order valence-electron chi connectivity index (χ4n) is 3.37. The lowest BCUT2D eigenvalue weighted by Crippen LogP contribution is -2.45. The molecule has 9 heteroatoms. The second-order valence-electron chi connectivity index (χ2n) is 7.31. The molecular formula is C21H18F2N4O2S. The maximum Gasteiger partial charge on any atom is 0.320 e. The van der Waals surface area contributed by atoms with Crippen molar-refractivity contribution in [3.05, 3.63) is 64.7 Å². The number of nitrogens with zero attached hydrogens (tertiary/aromatic N) is 3. The van der Waals surface area contributed by atoms with E-state index in [4.69, 9.17) is 11.0 Å². The van der Waals surface area contributed by atoms with Crippen LogP contribution in [0.1, 0.15) is 42.7 Å². The number of amidine groups is 1. The van der Waals surface area contributed by atoms with Gasteiger partial charge in [-0.15, -0.1) is 0 Å². The van der Waals surface area contributed by atoms with Gasteiger partial charge in [0.15, 0.2) is 5.17 Å². The molecule has 0 saturated heterocycles. The SMILES string of the molecule is C[C@]1(C(=O)O)C[C@@](C)(c2cc(/C=C(\F)c3ccc(C#N)cn3)ccc2F)N=C(N)S1.